The highest BCUT2D eigenvalue weighted by molar-refractivity contribution is 5.91. The smallest absolute Gasteiger partial charge is 0.290 e. The Labute approximate surface area is 163 Å². The van der Waals surface area contributed by atoms with Gasteiger partial charge in [0.05, 0.1) is 6.10 Å². The van der Waals surface area contributed by atoms with Crippen LogP contribution in [0.1, 0.15) is 42.0 Å². The topological polar surface area (TPSA) is 111 Å². The molecule has 3 fully saturated rings. The molecule has 0 spiro atoms. The fraction of sp³-hybridized carbons (Fsp3) is 0.650. The molecule has 1 aliphatic carbocycles. The maximum absolute atomic E-state index is 12.7. The van der Waals surface area contributed by atoms with E-state index in [0.29, 0.717) is 30.7 Å². The van der Waals surface area contributed by atoms with Gasteiger partial charge in [-0.25, -0.2) is 0 Å². The number of hydrogen-bond donors (Lipinski definition) is 2. The van der Waals surface area contributed by atoms with Crippen molar-refractivity contribution in [3.05, 3.63) is 33.9 Å². The molecule has 8 nitrogen and oxygen atoms in total. The van der Waals surface area contributed by atoms with E-state index in [1.807, 2.05) is 0 Å². The van der Waals surface area contributed by atoms with Crippen molar-refractivity contribution >= 4 is 12.4 Å². The molecule has 1 saturated carbocycles. The number of aliphatic hydroxyl groups is 1. The van der Waals surface area contributed by atoms with E-state index < -0.39 is 0 Å². The number of carbonyl (C=O) groups is 2. The van der Waals surface area contributed by atoms with Gasteiger partial charge < -0.3 is 19.5 Å². The molecule has 3 aliphatic rings. The summed E-state index contributed by atoms with van der Waals surface area (Å²) in [6.45, 7) is 4.93. The number of rotatable bonds is 2. The van der Waals surface area contributed by atoms with E-state index in [2.05, 4.69) is 4.90 Å². The fourth-order valence-electron chi connectivity index (χ4n) is 4.90. The van der Waals surface area contributed by atoms with E-state index in [9.17, 15) is 14.7 Å². The molecule has 154 valence electrons. The Morgan fingerprint density at radius 1 is 1.18 bits per heavy atom. The predicted octanol–water partition coefficient (Wildman–Crippen LogP) is 0.956. The summed E-state index contributed by atoms with van der Waals surface area (Å²) < 4.78 is 5.46. The molecule has 4 atom stereocenters. The highest BCUT2D eigenvalue weighted by Gasteiger charge is 2.45. The standard InChI is InChI=1S/C19H26N2O4.CH2O2/c1-12-6-15(22)9-18(25-12)19(24)21-10-13-7-16(20-4-2-3-5-20)17(23)8-14(13)11-21;2-1-3/h6,9,13-14,16-17,23H,2-5,7-8,10-11H2,1H3;1H,(H,2,3)/t13-,14+,16-,17-;/m1./s1. The van der Waals surface area contributed by atoms with Crippen molar-refractivity contribution in [1.29, 1.82) is 0 Å². The number of carbonyl (C=O) groups excluding carboxylic acids is 1. The Hall–Kier alpha value is -2.19. The quantitative estimate of drug-likeness (QED) is 0.721. The lowest BCUT2D eigenvalue weighted by Gasteiger charge is -2.40. The predicted molar refractivity (Wildman–Crippen MR) is 101 cm³/mol. The molecular weight excluding hydrogens is 364 g/mol. The van der Waals surface area contributed by atoms with Crippen LogP contribution < -0.4 is 5.43 Å². The lowest BCUT2D eigenvalue weighted by atomic mass is 9.77. The van der Waals surface area contributed by atoms with Gasteiger partial charge in [0.2, 0.25) is 0 Å². The summed E-state index contributed by atoms with van der Waals surface area (Å²) in [6.07, 6.45) is 3.84. The number of amides is 1. The maximum atomic E-state index is 12.7. The van der Waals surface area contributed by atoms with Gasteiger partial charge in [-0.2, -0.15) is 0 Å². The third-order valence-corrected chi connectivity index (χ3v) is 6.11. The van der Waals surface area contributed by atoms with Crippen LogP contribution in [0.4, 0.5) is 0 Å². The highest BCUT2D eigenvalue weighted by Crippen LogP contribution is 2.39. The van der Waals surface area contributed by atoms with Gasteiger partial charge in [0.15, 0.2) is 11.2 Å². The summed E-state index contributed by atoms with van der Waals surface area (Å²) in [5, 5.41) is 17.5. The molecule has 0 unspecified atom stereocenters. The SMILES string of the molecule is Cc1cc(=O)cc(C(=O)N2C[C@H]3C[C@@H](N4CCCC4)[C@H](O)C[C@H]3C2)o1.O=CO. The summed E-state index contributed by atoms with van der Waals surface area (Å²) in [4.78, 5) is 37.0. The molecule has 8 heteroatoms. The molecule has 2 N–H and O–H groups in total. The van der Waals surface area contributed by atoms with Gasteiger partial charge in [0.1, 0.15) is 5.76 Å². The molecule has 4 rings (SSSR count). The number of hydrogen-bond acceptors (Lipinski definition) is 6. The molecule has 1 aromatic heterocycles. The summed E-state index contributed by atoms with van der Waals surface area (Å²) in [5.41, 5.74) is -0.201. The van der Waals surface area contributed by atoms with E-state index in [-0.39, 0.29) is 35.7 Å². The summed E-state index contributed by atoms with van der Waals surface area (Å²) >= 11 is 0. The number of fused-ring (bicyclic) bond motifs is 1. The van der Waals surface area contributed by atoms with Gasteiger partial charge in [-0.05, 0) is 57.5 Å². The molecule has 2 aliphatic heterocycles. The van der Waals surface area contributed by atoms with Gasteiger partial charge >= 0.3 is 0 Å². The number of aryl methyl sites for hydroxylation is 1. The Balaban J connectivity index is 0.000000706. The average molecular weight is 392 g/mol. The first kappa shape index (κ1) is 20.5. The van der Waals surface area contributed by atoms with Crippen molar-refractivity contribution in [2.24, 2.45) is 11.8 Å². The highest BCUT2D eigenvalue weighted by atomic mass is 16.4. The average Bonchev–Trinajstić information content (AvgIpc) is 3.29. The van der Waals surface area contributed by atoms with Gasteiger partial charge in [0, 0.05) is 31.3 Å². The van der Waals surface area contributed by atoms with E-state index in [0.717, 1.165) is 25.9 Å². The minimum absolute atomic E-state index is 0.125. The molecule has 3 heterocycles. The zero-order valence-electron chi connectivity index (χ0n) is 16.1. The van der Waals surface area contributed by atoms with Crippen molar-refractivity contribution in [3.8, 4) is 0 Å². The largest absolute Gasteiger partial charge is 0.483 e. The van der Waals surface area contributed by atoms with Crippen LogP contribution in [0.5, 0.6) is 0 Å². The van der Waals surface area contributed by atoms with Crippen molar-refractivity contribution in [2.75, 3.05) is 26.2 Å². The van der Waals surface area contributed by atoms with Crippen LogP contribution in [-0.4, -0.2) is 70.7 Å². The summed E-state index contributed by atoms with van der Waals surface area (Å²) in [6, 6.07) is 2.90. The van der Waals surface area contributed by atoms with Crippen LogP contribution in [0, 0.1) is 18.8 Å². The second-order valence-corrected chi connectivity index (χ2v) is 7.95. The van der Waals surface area contributed by atoms with Crippen LogP contribution >= 0.6 is 0 Å². The Morgan fingerprint density at radius 3 is 2.39 bits per heavy atom. The van der Waals surface area contributed by atoms with Crippen LogP contribution in [0.2, 0.25) is 0 Å². The summed E-state index contributed by atoms with van der Waals surface area (Å²) in [5.74, 6) is 1.14. The van der Waals surface area contributed by atoms with E-state index in [4.69, 9.17) is 14.3 Å². The first-order valence-electron chi connectivity index (χ1n) is 9.84. The van der Waals surface area contributed by atoms with E-state index in [1.54, 1.807) is 11.8 Å². The number of nitrogens with zero attached hydrogens (tertiary/aromatic N) is 2. The molecule has 0 radical (unpaired) electrons. The zero-order chi connectivity index (χ0) is 20.3. The van der Waals surface area contributed by atoms with Crippen molar-refractivity contribution < 1.29 is 24.2 Å². The van der Waals surface area contributed by atoms with Crippen molar-refractivity contribution in [3.63, 3.8) is 0 Å². The monoisotopic (exact) mass is 392 g/mol. The zero-order valence-corrected chi connectivity index (χ0v) is 16.1. The van der Waals surface area contributed by atoms with E-state index >= 15 is 0 Å². The lowest BCUT2D eigenvalue weighted by molar-refractivity contribution is -0.122. The molecule has 28 heavy (non-hydrogen) atoms. The molecule has 0 bridgehead atoms. The number of carboxylic acid groups (broad SMARTS) is 1. The lowest BCUT2D eigenvalue weighted by Crippen LogP contribution is -2.48. The minimum Gasteiger partial charge on any atom is -0.483 e. The third kappa shape index (κ3) is 4.44. The van der Waals surface area contributed by atoms with Crippen molar-refractivity contribution in [2.45, 2.75) is 44.8 Å². The van der Waals surface area contributed by atoms with Gasteiger partial charge in [-0.1, -0.05) is 0 Å². The normalized spacial score (nSPS) is 29.7. The number of aliphatic hydroxyl groups excluding tert-OH is 1. The van der Waals surface area contributed by atoms with Crippen LogP contribution in [-0.2, 0) is 4.79 Å². The minimum atomic E-state index is -0.300. The van der Waals surface area contributed by atoms with Gasteiger partial charge in [-0.15, -0.1) is 0 Å². The second-order valence-electron chi connectivity index (χ2n) is 7.95. The molecular formula is C20H28N2O6. The summed E-state index contributed by atoms with van der Waals surface area (Å²) in [7, 11) is 0. The molecule has 0 aromatic carbocycles. The van der Waals surface area contributed by atoms with Crippen LogP contribution in [0.15, 0.2) is 21.3 Å². The van der Waals surface area contributed by atoms with E-state index in [1.165, 1.54) is 25.0 Å². The Morgan fingerprint density at radius 2 is 1.79 bits per heavy atom. The molecule has 1 aromatic rings. The third-order valence-electron chi connectivity index (χ3n) is 6.11. The fourth-order valence-corrected chi connectivity index (χ4v) is 4.90. The van der Waals surface area contributed by atoms with Crippen molar-refractivity contribution in [1.82, 2.24) is 9.80 Å². The van der Waals surface area contributed by atoms with Crippen LogP contribution in [0.3, 0.4) is 0 Å². The number of likely N-dealkylation sites (tertiary alicyclic amines) is 2. The first-order chi connectivity index (χ1) is 13.4. The molecule has 2 saturated heterocycles. The molecule has 1 amide bonds. The van der Waals surface area contributed by atoms with Gasteiger partial charge in [0.25, 0.3) is 12.4 Å². The second kappa shape index (κ2) is 8.87. The Kier molecular flexibility index (Phi) is 6.51. The maximum Gasteiger partial charge on any atom is 0.290 e. The van der Waals surface area contributed by atoms with Crippen LogP contribution in [0.25, 0.3) is 0 Å². The first-order valence-corrected chi connectivity index (χ1v) is 9.84. The Bertz CT molecular complexity index is 757. The van der Waals surface area contributed by atoms with Gasteiger partial charge in [-0.3, -0.25) is 19.3 Å².